The molecule has 0 spiro atoms. The summed E-state index contributed by atoms with van der Waals surface area (Å²) in [5, 5.41) is 11.9. The number of methoxy groups -OCH3 is 2. The number of hydrogen-bond acceptors (Lipinski definition) is 9. The Balaban J connectivity index is 1.88. The average molecular weight is 499 g/mol. The summed E-state index contributed by atoms with van der Waals surface area (Å²) in [5.74, 6) is 1.86. The molecular weight excluding hydrogens is 468 g/mol. The lowest BCUT2D eigenvalue weighted by atomic mass is 9.73. The van der Waals surface area contributed by atoms with Crippen molar-refractivity contribution < 1.29 is 43.1 Å². The number of allylic oxidation sites excluding steroid dienone is 1. The molecule has 2 heterocycles. The van der Waals surface area contributed by atoms with Crippen LogP contribution in [0.2, 0.25) is 0 Å². The molecule has 192 valence electrons. The van der Waals surface area contributed by atoms with E-state index in [1.54, 1.807) is 40.0 Å². The van der Waals surface area contributed by atoms with Crippen LogP contribution < -0.4 is 28.4 Å². The lowest BCUT2D eigenvalue weighted by Crippen LogP contribution is -2.44. The molecule has 0 aromatic heterocycles. The fourth-order valence-corrected chi connectivity index (χ4v) is 4.99. The summed E-state index contributed by atoms with van der Waals surface area (Å²) >= 11 is 0. The van der Waals surface area contributed by atoms with Crippen LogP contribution in [0, 0.1) is 5.92 Å². The van der Waals surface area contributed by atoms with Crippen molar-refractivity contribution in [3.63, 3.8) is 0 Å². The zero-order valence-corrected chi connectivity index (χ0v) is 21.2. The third-order valence-electron chi connectivity index (χ3n) is 7.33. The van der Waals surface area contributed by atoms with Gasteiger partial charge in [0.15, 0.2) is 29.1 Å². The summed E-state index contributed by atoms with van der Waals surface area (Å²) in [7, 11) is 3.09. The van der Waals surface area contributed by atoms with Crippen LogP contribution in [0.3, 0.4) is 0 Å². The van der Waals surface area contributed by atoms with Crippen molar-refractivity contribution in [2.24, 2.45) is 5.92 Å². The monoisotopic (exact) mass is 498 g/mol. The predicted octanol–water partition coefficient (Wildman–Crippen LogP) is 4.32. The van der Waals surface area contributed by atoms with Gasteiger partial charge in [-0.25, -0.2) is 4.79 Å². The maximum Gasteiger partial charge on any atom is 0.334 e. The first-order valence-electron chi connectivity index (χ1n) is 11.8. The molecular formula is C27H30O9. The number of carbonyl (C=O) groups is 1. The molecule has 36 heavy (non-hydrogen) atoms. The van der Waals surface area contributed by atoms with Crippen LogP contribution in [0.15, 0.2) is 23.8 Å². The van der Waals surface area contributed by atoms with Gasteiger partial charge in [-0.15, -0.1) is 0 Å². The fraction of sp³-hybridized carbons (Fsp3) is 0.444. The summed E-state index contributed by atoms with van der Waals surface area (Å²) in [6, 6.07) is 3.64. The Morgan fingerprint density at radius 3 is 2.19 bits per heavy atom. The molecule has 3 atom stereocenters. The Morgan fingerprint density at radius 2 is 1.61 bits per heavy atom. The van der Waals surface area contributed by atoms with Gasteiger partial charge in [0.2, 0.25) is 25.1 Å². The Kier molecular flexibility index (Phi) is 5.90. The third-order valence-corrected chi connectivity index (χ3v) is 7.33. The molecule has 0 fully saturated rings. The Morgan fingerprint density at radius 1 is 1.03 bits per heavy atom. The van der Waals surface area contributed by atoms with Crippen LogP contribution in [0.1, 0.15) is 44.9 Å². The molecule has 3 aliphatic rings. The predicted molar refractivity (Wildman–Crippen MR) is 129 cm³/mol. The lowest BCUT2D eigenvalue weighted by Gasteiger charge is -2.41. The highest BCUT2D eigenvalue weighted by atomic mass is 16.7. The first kappa shape index (κ1) is 24.1. The maximum atomic E-state index is 13.0. The van der Waals surface area contributed by atoms with Gasteiger partial charge in [0.1, 0.15) is 5.60 Å². The summed E-state index contributed by atoms with van der Waals surface area (Å²) in [6.45, 7) is 7.10. The highest BCUT2D eigenvalue weighted by molar-refractivity contribution is 5.91. The van der Waals surface area contributed by atoms with E-state index in [-0.39, 0.29) is 19.5 Å². The van der Waals surface area contributed by atoms with Crippen LogP contribution in [-0.2, 0) is 16.0 Å². The highest BCUT2D eigenvalue weighted by Gasteiger charge is 2.47. The van der Waals surface area contributed by atoms with Crippen LogP contribution in [0.5, 0.6) is 34.5 Å². The van der Waals surface area contributed by atoms with E-state index >= 15 is 0 Å². The SMILES string of the molecule is C/C=C(\C)C(=O)O[C@H]1c2cc3c(c(OC)c2-c2c(cc4c(c2OC)OCO4)C[C@H](C)[C@]1(C)O)OCO3. The van der Waals surface area contributed by atoms with E-state index in [1.165, 1.54) is 7.11 Å². The van der Waals surface area contributed by atoms with Gasteiger partial charge in [0.25, 0.3) is 0 Å². The Hall–Kier alpha value is -3.59. The second kappa shape index (κ2) is 8.81. The summed E-state index contributed by atoms with van der Waals surface area (Å²) in [5.41, 5.74) is 1.59. The number of fused-ring (bicyclic) bond motifs is 5. The van der Waals surface area contributed by atoms with Crippen LogP contribution in [0.4, 0.5) is 0 Å². The molecule has 2 aliphatic heterocycles. The van der Waals surface area contributed by atoms with Crippen molar-refractivity contribution in [1.29, 1.82) is 0 Å². The van der Waals surface area contributed by atoms with Crippen molar-refractivity contribution in [3.05, 3.63) is 34.9 Å². The van der Waals surface area contributed by atoms with Gasteiger partial charge in [-0.1, -0.05) is 13.0 Å². The number of carbonyl (C=O) groups excluding carboxylic acids is 1. The zero-order valence-electron chi connectivity index (χ0n) is 21.2. The summed E-state index contributed by atoms with van der Waals surface area (Å²) in [4.78, 5) is 13.0. The second-order valence-corrected chi connectivity index (χ2v) is 9.37. The molecule has 0 saturated carbocycles. The van der Waals surface area contributed by atoms with E-state index < -0.39 is 17.7 Å². The normalized spacial score (nSPS) is 23.8. The number of aliphatic hydroxyl groups is 1. The first-order chi connectivity index (χ1) is 17.2. The third kappa shape index (κ3) is 3.52. The topological polar surface area (TPSA) is 102 Å². The van der Waals surface area contributed by atoms with E-state index in [1.807, 2.05) is 13.0 Å². The van der Waals surface area contributed by atoms with Crippen molar-refractivity contribution in [2.45, 2.75) is 45.8 Å². The highest BCUT2D eigenvalue weighted by Crippen LogP contribution is 2.59. The van der Waals surface area contributed by atoms with Gasteiger partial charge < -0.3 is 38.3 Å². The van der Waals surface area contributed by atoms with Crippen molar-refractivity contribution in [3.8, 4) is 45.6 Å². The molecule has 1 aliphatic carbocycles. The number of hydrogen-bond donors (Lipinski definition) is 1. The van der Waals surface area contributed by atoms with E-state index in [0.717, 1.165) is 5.56 Å². The number of ether oxygens (including phenoxy) is 7. The van der Waals surface area contributed by atoms with Gasteiger partial charge in [-0.05, 0) is 50.8 Å². The molecule has 9 heteroatoms. The maximum absolute atomic E-state index is 13.0. The zero-order chi connectivity index (χ0) is 25.8. The van der Waals surface area contributed by atoms with Gasteiger partial charge in [-0.2, -0.15) is 0 Å². The molecule has 5 rings (SSSR count). The minimum absolute atomic E-state index is 0.00858. The van der Waals surface area contributed by atoms with Crippen molar-refractivity contribution >= 4 is 5.97 Å². The largest absolute Gasteiger partial charge is 0.492 e. The standard InChI is InChI=1S/C27H30O9/c1-7-13(2)26(28)36-25-16-10-18-22(35-12-33-18)24(31-6)20(16)19-15(8-14(3)27(25,4)29)9-17-21(23(19)30-5)34-11-32-17/h7,9-10,14,25,29H,8,11-12H2,1-6H3/b13-7+/t14-,25-,27-/m0/s1. The fourth-order valence-electron chi connectivity index (χ4n) is 4.99. The number of benzene rings is 2. The van der Waals surface area contributed by atoms with Gasteiger partial charge >= 0.3 is 5.97 Å². The van der Waals surface area contributed by atoms with Crippen molar-refractivity contribution in [1.82, 2.24) is 0 Å². The van der Waals surface area contributed by atoms with E-state index in [0.29, 0.717) is 63.2 Å². The van der Waals surface area contributed by atoms with E-state index in [9.17, 15) is 9.90 Å². The quantitative estimate of drug-likeness (QED) is 0.488. The van der Waals surface area contributed by atoms with Crippen LogP contribution in [0.25, 0.3) is 11.1 Å². The van der Waals surface area contributed by atoms with Crippen molar-refractivity contribution in [2.75, 3.05) is 27.8 Å². The van der Waals surface area contributed by atoms with Gasteiger partial charge in [-0.3, -0.25) is 0 Å². The molecule has 0 amide bonds. The average Bonchev–Trinajstić information content (AvgIpc) is 3.53. The number of esters is 1. The summed E-state index contributed by atoms with van der Waals surface area (Å²) in [6.07, 6.45) is 1.04. The van der Waals surface area contributed by atoms with Gasteiger partial charge in [0.05, 0.1) is 14.2 Å². The minimum Gasteiger partial charge on any atom is -0.492 e. The Labute approximate surface area is 209 Å². The second-order valence-electron chi connectivity index (χ2n) is 9.37. The van der Waals surface area contributed by atoms with Gasteiger partial charge in [0, 0.05) is 22.3 Å². The van der Waals surface area contributed by atoms with E-state index in [2.05, 4.69) is 0 Å². The lowest BCUT2D eigenvalue weighted by molar-refractivity contribution is -0.166. The van der Waals surface area contributed by atoms with Crippen LogP contribution in [-0.4, -0.2) is 44.5 Å². The molecule has 9 nitrogen and oxygen atoms in total. The molecule has 0 radical (unpaired) electrons. The molecule has 0 saturated heterocycles. The Bertz CT molecular complexity index is 1260. The van der Waals surface area contributed by atoms with E-state index in [4.69, 9.17) is 33.2 Å². The first-order valence-corrected chi connectivity index (χ1v) is 11.8. The minimum atomic E-state index is -1.46. The molecule has 0 unspecified atom stereocenters. The van der Waals surface area contributed by atoms with Crippen LogP contribution >= 0.6 is 0 Å². The molecule has 2 aromatic rings. The summed E-state index contributed by atoms with van der Waals surface area (Å²) < 4.78 is 40.7. The molecule has 2 aromatic carbocycles. The molecule has 1 N–H and O–H groups in total. The number of rotatable bonds is 4. The molecule has 0 bridgehead atoms. The smallest absolute Gasteiger partial charge is 0.334 e.